The van der Waals surface area contributed by atoms with Crippen molar-refractivity contribution in [3.63, 3.8) is 0 Å². The molecule has 0 saturated carbocycles. The number of aliphatic hydroxyl groups is 1. The highest BCUT2D eigenvalue weighted by Crippen LogP contribution is 2.16. The lowest BCUT2D eigenvalue weighted by Crippen LogP contribution is -2.37. The van der Waals surface area contributed by atoms with Gasteiger partial charge in [0, 0.05) is 18.3 Å². The summed E-state index contributed by atoms with van der Waals surface area (Å²) in [5, 5.41) is 9.26. The Morgan fingerprint density at radius 2 is 2.14 bits per heavy atom. The predicted molar refractivity (Wildman–Crippen MR) is 63.9 cm³/mol. The van der Waals surface area contributed by atoms with Crippen LogP contribution in [0.1, 0.15) is 25.7 Å². The van der Waals surface area contributed by atoms with Gasteiger partial charge in [0.05, 0.1) is 6.61 Å². The molecule has 82 valence electrons. The topological polar surface area (TPSA) is 23.5 Å². The average molecular weight is 215 g/mol. The maximum absolute atomic E-state index is 9.26. The Morgan fingerprint density at radius 1 is 1.29 bits per heavy atom. The van der Waals surface area contributed by atoms with Gasteiger partial charge >= 0.3 is 0 Å². The van der Waals surface area contributed by atoms with E-state index in [-0.39, 0.29) is 0 Å². The fourth-order valence-corrected chi connectivity index (χ4v) is 2.12. The molecule has 1 saturated heterocycles. The summed E-state index contributed by atoms with van der Waals surface area (Å²) in [6, 6.07) is 0.377. The Bertz CT molecular complexity index is 173. The molecule has 0 spiro atoms. The molecule has 0 radical (unpaired) electrons. The standard InChI is InChI=1S/C11H21NOS/c13-10-11-6-2-1-3-7-12(11)8-4-5-9-14/h4-5,11,13-14H,1-3,6-10H2/b5-4+. The summed E-state index contributed by atoms with van der Waals surface area (Å²) in [4.78, 5) is 2.38. The lowest BCUT2D eigenvalue weighted by molar-refractivity contribution is 0.135. The van der Waals surface area contributed by atoms with Crippen LogP contribution >= 0.6 is 12.6 Å². The average Bonchev–Trinajstić information content (AvgIpc) is 2.43. The van der Waals surface area contributed by atoms with Gasteiger partial charge in [-0.1, -0.05) is 25.0 Å². The first kappa shape index (κ1) is 12.1. The van der Waals surface area contributed by atoms with E-state index < -0.39 is 0 Å². The van der Waals surface area contributed by atoms with Gasteiger partial charge in [-0.3, -0.25) is 4.90 Å². The number of rotatable bonds is 4. The molecule has 0 amide bonds. The lowest BCUT2D eigenvalue weighted by Gasteiger charge is -2.26. The Hall–Kier alpha value is 0.01000. The highest BCUT2D eigenvalue weighted by molar-refractivity contribution is 7.80. The van der Waals surface area contributed by atoms with Crippen molar-refractivity contribution in [1.29, 1.82) is 0 Å². The fraction of sp³-hybridized carbons (Fsp3) is 0.818. The minimum Gasteiger partial charge on any atom is -0.395 e. The van der Waals surface area contributed by atoms with Crippen LogP contribution < -0.4 is 0 Å². The van der Waals surface area contributed by atoms with Crippen molar-refractivity contribution in [2.45, 2.75) is 31.7 Å². The van der Waals surface area contributed by atoms with Crippen molar-refractivity contribution in [3.8, 4) is 0 Å². The molecular weight excluding hydrogens is 194 g/mol. The van der Waals surface area contributed by atoms with E-state index in [4.69, 9.17) is 0 Å². The molecular formula is C11H21NOS. The number of nitrogens with zero attached hydrogens (tertiary/aromatic N) is 1. The van der Waals surface area contributed by atoms with Crippen LogP contribution in [-0.4, -0.2) is 41.5 Å². The van der Waals surface area contributed by atoms with Gasteiger partial charge in [-0.05, 0) is 19.4 Å². The highest BCUT2D eigenvalue weighted by Gasteiger charge is 2.18. The largest absolute Gasteiger partial charge is 0.395 e. The summed E-state index contributed by atoms with van der Waals surface area (Å²) in [5.74, 6) is 0.803. The molecule has 1 fully saturated rings. The molecule has 1 unspecified atom stereocenters. The summed E-state index contributed by atoms with van der Waals surface area (Å²) in [5.41, 5.74) is 0. The summed E-state index contributed by atoms with van der Waals surface area (Å²) in [6.07, 6.45) is 9.21. The van der Waals surface area contributed by atoms with E-state index in [2.05, 4.69) is 29.7 Å². The Kier molecular flexibility index (Phi) is 6.32. The van der Waals surface area contributed by atoms with E-state index >= 15 is 0 Å². The molecule has 0 aromatic rings. The molecule has 0 aromatic heterocycles. The Labute approximate surface area is 92.4 Å². The summed E-state index contributed by atoms with van der Waals surface area (Å²) < 4.78 is 0. The van der Waals surface area contributed by atoms with Gasteiger partial charge in [-0.15, -0.1) is 0 Å². The zero-order valence-corrected chi connectivity index (χ0v) is 9.62. The van der Waals surface area contributed by atoms with E-state index in [1.54, 1.807) is 0 Å². The SMILES string of the molecule is OCC1CCCCCN1C/C=C/CS. The summed E-state index contributed by atoms with van der Waals surface area (Å²) in [7, 11) is 0. The maximum Gasteiger partial charge on any atom is 0.0586 e. The molecule has 1 heterocycles. The number of hydrogen-bond donors (Lipinski definition) is 2. The number of aliphatic hydroxyl groups excluding tert-OH is 1. The third-order valence-electron chi connectivity index (χ3n) is 2.82. The zero-order chi connectivity index (χ0) is 10.2. The van der Waals surface area contributed by atoms with Gasteiger partial charge in [-0.2, -0.15) is 12.6 Å². The third-order valence-corrected chi connectivity index (χ3v) is 3.03. The van der Waals surface area contributed by atoms with Gasteiger partial charge in [-0.25, -0.2) is 0 Å². The van der Waals surface area contributed by atoms with Crippen molar-refractivity contribution < 1.29 is 5.11 Å². The Morgan fingerprint density at radius 3 is 2.86 bits per heavy atom. The first-order chi connectivity index (χ1) is 6.88. The summed E-state index contributed by atoms with van der Waals surface area (Å²) >= 11 is 4.13. The molecule has 1 atom stereocenters. The molecule has 1 N–H and O–H groups in total. The van der Waals surface area contributed by atoms with E-state index in [1.807, 2.05) is 0 Å². The van der Waals surface area contributed by atoms with Crippen molar-refractivity contribution >= 4 is 12.6 Å². The van der Waals surface area contributed by atoms with Gasteiger partial charge in [0.2, 0.25) is 0 Å². The predicted octanol–water partition coefficient (Wildman–Crippen LogP) is 1.71. The van der Waals surface area contributed by atoms with Crippen molar-refractivity contribution in [2.75, 3.05) is 25.4 Å². The number of hydrogen-bond acceptors (Lipinski definition) is 3. The van der Waals surface area contributed by atoms with E-state index in [0.717, 1.165) is 25.3 Å². The molecule has 2 nitrogen and oxygen atoms in total. The molecule has 14 heavy (non-hydrogen) atoms. The first-order valence-corrected chi connectivity index (χ1v) is 6.12. The van der Waals surface area contributed by atoms with Gasteiger partial charge in [0.15, 0.2) is 0 Å². The second kappa shape index (κ2) is 7.32. The molecule has 0 bridgehead atoms. The minimum absolute atomic E-state index is 0.300. The van der Waals surface area contributed by atoms with Crippen molar-refractivity contribution in [1.82, 2.24) is 4.90 Å². The van der Waals surface area contributed by atoms with Gasteiger partial charge < -0.3 is 5.11 Å². The molecule has 0 aromatic carbocycles. The van der Waals surface area contributed by atoms with Crippen LogP contribution in [-0.2, 0) is 0 Å². The van der Waals surface area contributed by atoms with E-state index in [0.29, 0.717) is 12.6 Å². The number of thiol groups is 1. The highest BCUT2D eigenvalue weighted by atomic mass is 32.1. The Balaban J connectivity index is 2.39. The molecule has 1 aliphatic rings. The quantitative estimate of drug-likeness (QED) is 0.551. The van der Waals surface area contributed by atoms with E-state index in [1.165, 1.54) is 19.3 Å². The van der Waals surface area contributed by atoms with E-state index in [9.17, 15) is 5.11 Å². The van der Waals surface area contributed by atoms with Crippen LogP contribution in [0, 0.1) is 0 Å². The van der Waals surface area contributed by atoms with Crippen molar-refractivity contribution in [2.24, 2.45) is 0 Å². The number of likely N-dealkylation sites (tertiary alicyclic amines) is 1. The van der Waals surface area contributed by atoms with Crippen LogP contribution in [0.15, 0.2) is 12.2 Å². The van der Waals surface area contributed by atoms with Crippen LogP contribution in [0.25, 0.3) is 0 Å². The van der Waals surface area contributed by atoms with Gasteiger partial charge in [0.25, 0.3) is 0 Å². The van der Waals surface area contributed by atoms with Crippen LogP contribution in [0.2, 0.25) is 0 Å². The second-order valence-corrected chi connectivity index (χ2v) is 4.20. The van der Waals surface area contributed by atoms with Crippen LogP contribution in [0.5, 0.6) is 0 Å². The first-order valence-electron chi connectivity index (χ1n) is 5.49. The van der Waals surface area contributed by atoms with Crippen LogP contribution in [0.4, 0.5) is 0 Å². The lowest BCUT2D eigenvalue weighted by atomic mass is 10.1. The normalized spacial score (nSPS) is 25.4. The molecule has 1 rings (SSSR count). The fourth-order valence-electron chi connectivity index (χ4n) is 1.97. The zero-order valence-electron chi connectivity index (χ0n) is 8.73. The molecule has 0 aliphatic carbocycles. The molecule has 1 aliphatic heterocycles. The van der Waals surface area contributed by atoms with Gasteiger partial charge in [0.1, 0.15) is 0 Å². The minimum atomic E-state index is 0.300. The summed E-state index contributed by atoms with van der Waals surface area (Å²) in [6.45, 7) is 2.39. The van der Waals surface area contributed by atoms with Crippen molar-refractivity contribution in [3.05, 3.63) is 12.2 Å². The maximum atomic E-state index is 9.26. The smallest absolute Gasteiger partial charge is 0.0586 e. The second-order valence-electron chi connectivity index (χ2n) is 3.83. The van der Waals surface area contributed by atoms with Crippen LogP contribution in [0.3, 0.4) is 0 Å². The third kappa shape index (κ3) is 4.03. The monoisotopic (exact) mass is 215 g/mol. The molecule has 3 heteroatoms.